The van der Waals surface area contributed by atoms with E-state index in [-0.39, 0.29) is 5.56 Å². The first-order valence-corrected chi connectivity index (χ1v) is 5.38. The van der Waals surface area contributed by atoms with Gasteiger partial charge in [-0.05, 0) is 30.3 Å². The Morgan fingerprint density at radius 2 is 1.32 bits per heavy atom. The molecule has 2 aromatic carbocycles. The SMILES string of the molecule is Nc1cccc(C(=O)O)c1.O=C(O)c1ccccc1. The molecule has 0 radical (unpaired) electrons. The van der Waals surface area contributed by atoms with Crippen LogP contribution in [-0.4, -0.2) is 22.2 Å². The van der Waals surface area contributed by atoms with E-state index < -0.39 is 11.9 Å². The monoisotopic (exact) mass is 259 g/mol. The Bertz CT molecular complexity index is 567. The topological polar surface area (TPSA) is 101 Å². The molecule has 0 unspecified atom stereocenters. The molecule has 0 fully saturated rings. The summed E-state index contributed by atoms with van der Waals surface area (Å²) in [6.45, 7) is 0. The lowest BCUT2D eigenvalue weighted by Gasteiger charge is -1.93. The Labute approximate surface area is 109 Å². The maximum Gasteiger partial charge on any atom is 0.335 e. The summed E-state index contributed by atoms with van der Waals surface area (Å²) < 4.78 is 0. The van der Waals surface area contributed by atoms with Gasteiger partial charge in [0.1, 0.15) is 0 Å². The molecule has 0 saturated carbocycles. The molecule has 19 heavy (non-hydrogen) atoms. The summed E-state index contributed by atoms with van der Waals surface area (Å²) in [7, 11) is 0. The molecule has 0 aliphatic carbocycles. The number of hydrogen-bond acceptors (Lipinski definition) is 3. The molecule has 4 N–H and O–H groups in total. The molecule has 5 nitrogen and oxygen atoms in total. The van der Waals surface area contributed by atoms with Crippen LogP contribution in [0.25, 0.3) is 0 Å². The number of aromatic carboxylic acids is 2. The molecule has 0 aromatic heterocycles. The van der Waals surface area contributed by atoms with Crippen molar-refractivity contribution < 1.29 is 19.8 Å². The molecular weight excluding hydrogens is 246 g/mol. The third-order valence-electron chi connectivity index (χ3n) is 2.15. The summed E-state index contributed by atoms with van der Waals surface area (Å²) in [6.07, 6.45) is 0. The van der Waals surface area contributed by atoms with Crippen molar-refractivity contribution in [1.29, 1.82) is 0 Å². The lowest BCUT2D eigenvalue weighted by Crippen LogP contribution is -1.96. The fourth-order valence-corrected chi connectivity index (χ4v) is 1.25. The van der Waals surface area contributed by atoms with E-state index in [1.165, 1.54) is 12.1 Å². The van der Waals surface area contributed by atoms with Crippen LogP contribution in [0.15, 0.2) is 54.6 Å². The van der Waals surface area contributed by atoms with Crippen molar-refractivity contribution in [1.82, 2.24) is 0 Å². The van der Waals surface area contributed by atoms with Gasteiger partial charge in [0, 0.05) is 5.69 Å². The Hall–Kier alpha value is -2.82. The maximum absolute atomic E-state index is 10.3. The highest BCUT2D eigenvalue weighted by atomic mass is 16.4. The number of benzene rings is 2. The molecule has 98 valence electrons. The summed E-state index contributed by atoms with van der Waals surface area (Å²) >= 11 is 0. The first-order chi connectivity index (χ1) is 9.00. The average Bonchev–Trinajstić information content (AvgIpc) is 2.40. The van der Waals surface area contributed by atoms with Crippen LogP contribution in [0.4, 0.5) is 5.69 Å². The van der Waals surface area contributed by atoms with Crippen molar-refractivity contribution in [3.63, 3.8) is 0 Å². The first-order valence-electron chi connectivity index (χ1n) is 5.38. The Morgan fingerprint density at radius 3 is 1.68 bits per heavy atom. The molecule has 0 aliphatic rings. The van der Waals surface area contributed by atoms with Crippen LogP contribution in [-0.2, 0) is 0 Å². The van der Waals surface area contributed by atoms with E-state index in [9.17, 15) is 9.59 Å². The molecule has 0 atom stereocenters. The lowest BCUT2D eigenvalue weighted by atomic mass is 10.2. The minimum Gasteiger partial charge on any atom is -0.478 e. The van der Waals surface area contributed by atoms with Crippen LogP contribution < -0.4 is 5.73 Å². The van der Waals surface area contributed by atoms with E-state index in [0.717, 1.165) is 0 Å². The Balaban J connectivity index is 0.000000191. The summed E-state index contributed by atoms with van der Waals surface area (Å²) in [6, 6.07) is 14.5. The van der Waals surface area contributed by atoms with Crippen LogP contribution in [0.1, 0.15) is 20.7 Å². The fourth-order valence-electron chi connectivity index (χ4n) is 1.25. The van der Waals surface area contributed by atoms with Gasteiger partial charge in [-0.25, -0.2) is 9.59 Å². The fraction of sp³-hybridized carbons (Fsp3) is 0. The number of nitrogen functional groups attached to an aromatic ring is 1. The molecule has 0 amide bonds. The summed E-state index contributed by atoms with van der Waals surface area (Å²) in [5.74, 6) is -1.83. The molecule has 0 spiro atoms. The maximum atomic E-state index is 10.3. The van der Waals surface area contributed by atoms with Gasteiger partial charge in [-0.2, -0.15) is 0 Å². The highest BCUT2D eigenvalue weighted by molar-refractivity contribution is 5.88. The lowest BCUT2D eigenvalue weighted by molar-refractivity contribution is 0.0686. The molecule has 2 aromatic rings. The molecule has 0 aliphatic heterocycles. The van der Waals surface area contributed by atoms with Crippen molar-refractivity contribution in [3.8, 4) is 0 Å². The second-order valence-corrected chi connectivity index (χ2v) is 3.60. The zero-order valence-electron chi connectivity index (χ0n) is 9.98. The molecular formula is C14H13NO4. The molecule has 0 bridgehead atoms. The third kappa shape index (κ3) is 4.91. The molecule has 5 heteroatoms. The zero-order chi connectivity index (χ0) is 14.3. The number of rotatable bonds is 2. The third-order valence-corrected chi connectivity index (χ3v) is 2.15. The zero-order valence-corrected chi connectivity index (χ0v) is 9.98. The van der Waals surface area contributed by atoms with Gasteiger partial charge in [-0.3, -0.25) is 0 Å². The summed E-state index contributed by atoms with van der Waals surface area (Å²) in [4.78, 5) is 20.5. The van der Waals surface area contributed by atoms with Gasteiger partial charge in [0.2, 0.25) is 0 Å². The first kappa shape index (κ1) is 14.2. The minimum atomic E-state index is -0.952. The van der Waals surface area contributed by atoms with Gasteiger partial charge in [-0.1, -0.05) is 24.3 Å². The van der Waals surface area contributed by atoms with Crippen molar-refractivity contribution in [2.45, 2.75) is 0 Å². The highest BCUT2D eigenvalue weighted by Crippen LogP contribution is 2.05. The number of carboxylic acids is 2. The normalized spacial score (nSPS) is 9.05. The van der Waals surface area contributed by atoms with Gasteiger partial charge in [0.15, 0.2) is 0 Å². The standard InChI is InChI=1S/C7H7NO2.C7H6O2/c8-6-3-1-2-5(4-6)7(9)10;8-7(9)6-4-2-1-3-5-6/h1-4H,8H2,(H,9,10);1-5H,(H,8,9). The molecule has 2 rings (SSSR count). The predicted octanol–water partition coefficient (Wildman–Crippen LogP) is 2.35. The number of hydrogen-bond donors (Lipinski definition) is 3. The van der Waals surface area contributed by atoms with Crippen LogP contribution in [0, 0.1) is 0 Å². The smallest absolute Gasteiger partial charge is 0.335 e. The minimum absolute atomic E-state index is 0.222. The second-order valence-electron chi connectivity index (χ2n) is 3.60. The molecule has 0 heterocycles. The molecule has 0 saturated heterocycles. The van der Waals surface area contributed by atoms with Gasteiger partial charge in [-0.15, -0.1) is 0 Å². The van der Waals surface area contributed by atoms with Crippen molar-refractivity contribution in [2.75, 3.05) is 5.73 Å². The van der Waals surface area contributed by atoms with Gasteiger partial charge in [0.05, 0.1) is 11.1 Å². The van der Waals surface area contributed by atoms with Crippen LogP contribution >= 0.6 is 0 Å². The Morgan fingerprint density at radius 1 is 0.789 bits per heavy atom. The Kier molecular flexibility index (Phi) is 5.10. The largest absolute Gasteiger partial charge is 0.478 e. The van der Waals surface area contributed by atoms with E-state index >= 15 is 0 Å². The van der Waals surface area contributed by atoms with Crippen LogP contribution in [0.3, 0.4) is 0 Å². The van der Waals surface area contributed by atoms with Gasteiger partial charge >= 0.3 is 11.9 Å². The van der Waals surface area contributed by atoms with E-state index in [2.05, 4.69) is 0 Å². The number of carboxylic acid groups (broad SMARTS) is 2. The van der Waals surface area contributed by atoms with Crippen molar-refractivity contribution >= 4 is 17.6 Å². The van der Waals surface area contributed by atoms with Crippen molar-refractivity contribution in [3.05, 3.63) is 65.7 Å². The van der Waals surface area contributed by atoms with E-state index in [4.69, 9.17) is 15.9 Å². The predicted molar refractivity (Wildman–Crippen MR) is 71.2 cm³/mol. The summed E-state index contributed by atoms with van der Waals surface area (Å²) in [5, 5.41) is 16.8. The van der Waals surface area contributed by atoms with Crippen molar-refractivity contribution in [2.24, 2.45) is 0 Å². The van der Waals surface area contributed by atoms with Gasteiger partial charge < -0.3 is 15.9 Å². The quantitative estimate of drug-likeness (QED) is 0.719. The van der Waals surface area contributed by atoms with Crippen LogP contribution in [0.5, 0.6) is 0 Å². The van der Waals surface area contributed by atoms with E-state index in [1.807, 2.05) is 0 Å². The van der Waals surface area contributed by atoms with Crippen LogP contribution in [0.2, 0.25) is 0 Å². The average molecular weight is 259 g/mol. The number of carbonyl (C=O) groups is 2. The van der Waals surface area contributed by atoms with E-state index in [1.54, 1.807) is 42.5 Å². The number of anilines is 1. The summed E-state index contributed by atoms with van der Waals surface area (Å²) in [5.41, 5.74) is 6.36. The number of nitrogens with two attached hydrogens (primary N) is 1. The van der Waals surface area contributed by atoms with E-state index in [0.29, 0.717) is 11.3 Å². The van der Waals surface area contributed by atoms with Gasteiger partial charge in [0.25, 0.3) is 0 Å². The highest BCUT2D eigenvalue weighted by Gasteiger charge is 1.99. The second kappa shape index (κ2) is 6.80.